The third kappa shape index (κ3) is 7.84. The Morgan fingerprint density at radius 3 is 2.31 bits per heavy atom. The van der Waals surface area contributed by atoms with Gasteiger partial charge in [0.2, 0.25) is 0 Å². The summed E-state index contributed by atoms with van der Waals surface area (Å²) in [5.74, 6) is -4.97. The lowest BCUT2D eigenvalue weighted by Crippen LogP contribution is -2.57. The molecule has 5 saturated heterocycles. The molecule has 17 atom stereocenters. The first-order chi connectivity index (χ1) is 24.4. The molecule has 300 valence electrons. The van der Waals surface area contributed by atoms with Gasteiger partial charge in [-0.25, -0.2) is 0 Å². The van der Waals surface area contributed by atoms with Crippen molar-refractivity contribution in [2.24, 2.45) is 35.5 Å². The molecule has 5 aliphatic rings. The number of carboxylic acids is 1. The van der Waals surface area contributed by atoms with E-state index in [1.165, 1.54) is 7.11 Å². The zero-order chi connectivity index (χ0) is 38.4. The maximum Gasteiger partial charge on any atom is 0.308 e. The minimum atomic E-state index is -1.58. The molecule has 0 aromatic rings. The minimum Gasteiger partial charge on any atom is -0.481 e. The summed E-state index contributed by atoms with van der Waals surface area (Å²) in [5, 5.41) is 30.8. The number of aliphatic carboxylic acids is 1. The fourth-order valence-corrected chi connectivity index (χ4v) is 10.5. The minimum absolute atomic E-state index is 0.163. The van der Waals surface area contributed by atoms with E-state index in [0.29, 0.717) is 32.1 Å². The lowest BCUT2D eigenvalue weighted by molar-refractivity contribution is -0.337. The molecular weight excluding hydrogens is 672 g/mol. The molecule has 5 aliphatic heterocycles. The maximum atomic E-state index is 12.9. The van der Waals surface area contributed by atoms with Gasteiger partial charge in [0.15, 0.2) is 11.6 Å². The largest absolute Gasteiger partial charge is 0.481 e. The first-order valence-electron chi connectivity index (χ1n) is 20.1. The number of carboxylic acid groups (broad SMARTS) is 1. The van der Waals surface area contributed by atoms with Crippen LogP contribution in [0, 0.1) is 35.5 Å². The molecule has 0 aromatic carbocycles. The first kappa shape index (κ1) is 41.8. The van der Waals surface area contributed by atoms with E-state index in [1.54, 1.807) is 6.92 Å². The van der Waals surface area contributed by atoms with Crippen molar-refractivity contribution >= 4 is 11.9 Å². The summed E-state index contributed by atoms with van der Waals surface area (Å²) in [6, 6.07) is 0. The highest BCUT2D eigenvalue weighted by molar-refractivity contribution is 5.70. The third-order valence-electron chi connectivity index (χ3n) is 13.8. The topological polar surface area (TPSA) is 159 Å². The van der Waals surface area contributed by atoms with Crippen LogP contribution in [0.1, 0.15) is 127 Å². The van der Waals surface area contributed by atoms with Gasteiger partial charge in [-0.05, 0) is 70.6 Å². The van der Waals surface area contributed by atoms with Crippen molar-refractivity contribution in [2.75, 3.05) is 13.7 Å². The van der Waals surface area contributed by atoms with E-state index in [1.807, 2.05) is 27.7 Å². The van der Waals surface area contributed by atoms with E-state index >= 15 is 0 Å². The van der Waals surface area contributed by atoms with Gasteiger partial charge in [0, 0.05) is 44.1 Å². The number of methoxy groups -OCH3 is 1. The van der Waals surface area contributed by atoms with Gasteiger partial charge in [-0.2, -0.15) is 0 Å². The fourth-order valence-electron chi connectivity index (χ4n) is 10.5. The summed E-state index contributed by atoms with van der Waals surface area (Å²) >= 11 is 0. The van der Waals surface area contributed by atoms with Crippen molar-refractivity contribution in [1.82, 2.24) is 0 Å². The molecule has 0 unspecified atom stereocenters. The molecule has 12 nitrogen and oxygen atoms in total. The zero-order valence-corrected chi connectivity index (χ0v) is 33.3. The third-order valence-corrected chi connectivity index (χ3v) is 13.8. The molecule has 3 N–H and O–H groups in total. The van der Waals surface area contributed by atoms with Gasteiger partial charge >= 0.3 is 11.9 Å². The highest BCUT2D eigenvalue weighted by atomic mass is 16.7. The fraction of sp³-hybridized carbons (Fsp3) is 0.950. The quantitative estimate of drug-likeness (QED) is 0.200. The zero-order valence-electron chi connectivity index (χ0n) is 33.3. The van der Waals surface area contributed by atoms with Crippen LogP contribution >= 0.6 is 0 Å². The Balaban J connectivity index is 1.34. The van der Waals surface area contributed by atoms with E-state index in [0.717, 1.165) is 32.1 Å². The standard InChI is InChI=1S/C40H68O12/c1-11-13-31(42)47-29-20-39(50-34(25(29)6)26(7)33(46-10)27(8)36(43)44)17-16-37(9,52-39)30-14-15-38(12-2,49-30)35-23(4)19-28(48-35)32-22(3)18-24(5)40(45,21-41)51-32/h22-30,32-35,41,45H,11-21H2,1-10H3,(H,43,44)/t22-,23-,24+,25+,26-,27-,28+,29-,30+,32-,33+,34-,35+,37-,38-,39+,40-/m0/s1. The predicted molar refractivity (Wildman–Crippen MR) is 191 cm³/mol. The molecule has 0 amide bonds. The Kier molecular flexibility index (Phi) is 12.9. The van der Waals surface area contributed by atoms with Crippen LogP contribution in [-0.4, -0.2) is 106 Å². The smallest absolute Gasteiger partial charge is 0.308 e. The van der Waals surface area contributed by atoms with E-state index in [4.69, 9.17) is 33.2 Å². The van der Waals surface area contributed by atoms with Gasteiger partial charge in [-0.15, -0.1) is 0 Å². The van der Waals surface area contributed by atoms with Crippen LogP contribution in [0.2, 0.25) is 0 Å². The number of hydrogen-bond acceptors (Lipinski definition) is 11. The molecule has 5 fully saturated rings. The van der Waals surface area contributed by atoms with Crippen LogP contribution in [0.3, 0.4) is 0 Å². The van der Waals surface area contributed by atoms with E-state index in [9.17, 15) is 24.9 Å². The highest BCUT2D eigenvalue weighted by Gasteiger charge is 2.62. The van der Waals surface area contributed by atoms with Crippen molar-refractivity contribution in [1.29, 1.82) is 0 Å². The van der Waals surface area contributed by atoms with E-state index < -0.39 is 59.6 Å². The van der Waals surface area contributed by atoms with Crippen molar-refractivity contribution in [3.05, 3.63) is 0 Å². The van der Waals surface area contributed by atoms with Crippen LogP contribution in [-0.2, 0) is 42.7 Å². The van der Waals surface area contributed by atoms with Gasteiger partial charge in [0.05, 0.1) is 60.4 Å². The van der Waals surface area contributed by atoms with Crippen molar-refractivity contribution < 1.29 is 58.1 Å². The van der Waals surface area contributed by atoms with Crippen LogP contribution in [0.25, 0.3) is 0 Å². The second-order valence-electron chi connectivity index (χ2n) is 17.5. The van der Waals surface area contributed by atoms with Crippen LogP contribution in [0.4, 0.5) is 0 Å². The number of rotatable bonds is 13. The van der Waals surface area contributed by atoms with Gasteiger partial charge < -0.3 is 48.5 Å². The Morgan fingerprint density at radius 1 is 0.981 bits per heavy atom. The SMILES string of the molecule is CCCC(=O)O[C@H]1C[C@]2(CC[C@@](C)([C@H]3CC[C@@](CC)([C@@H]4O[C@@H]([C@H]5O[C@@](O)(CO)[C@H](C)C[C@@H]5C)C[C@@H]4C)O3)O2)O[C@H]([C@@H](C)[C@@H](OC)[C@H](C)C(=O)O)[C@@H]1C. The number of aliphatic hydroxyl groups excluding tert-OH is 1. The summed E-state index contributed by atoms with van der Waals surface area (Å²) < 4.78 is 46.1. The summed E-state index contributed by atoms with van der Waals surface area (Å²) in [7, 11) is 1.53. The van der Waals surface area contributed by atoms with Gasteiger partial charge in [-0.3, -0.25) is 9.59 Å². The molecule has 0 aromatic heterocycles. The van der Waals surface area contributed by atoms with Crippen molar-refractivity contribution in [2.45, 2.75) is 192 Å². The van der Waals surface area contributed by atoms with Crippen LogP contribution in [0.5, 0.6) is 0 Å². The summed E-state index contributed by atoms with van der Waals surface area (Å²) in [4.78, 5) is 24.9. The maximum absolute atomic E-state index is 12.9. The number of carbonyl (C=O) groups excluding carboxylic acids is 1. The van der Waals surface area contributed by atoms with Crippen molar-refractivity contribution in [3.8, 4) is 0 Å². The molecule has 0 saturated carbocycles. The lowest BCUT2D eigenvalue weighted by atomic mass is 9.78. The van der Waals surface area contributed by atoms with E-state index in [2.05, 4.69) is 27.7 Å². The summed E-state index contributed by atoms with van der Waals surface area (Å²) in [6.07, 6.45) is 3.93. The molecule has 5 heterocycles. The van der Waals surface area contributed by atoms with Gasteiger partial charge in [-0.1, -0.05) is 48.5 Å². The molecule has 5 rings (SSSR count). The number of carbonyl (C=O) groups is 2. The molecular formula is C40H68O12. The summed E-state index contributed by atoms with van der Waals surface area (Å²) in [5.41, 5.74) is -1.22. The molecule has 0 radical (unpaired) electrons. The Hall–Kier alpha value is -1.38. The number of hydrogen-bond donors (Lipinski definition) is 3. The van der Waals surface area contributed by atoms with E-state index in [-0.39, 0.29) is 60.0 Å². The molecule has 52 heavy (non-hydrogen) atoms. The second kappa shape index (κ2) is 16.0. The second-order valence-corrected chi connectivity index (χ2v) is 17.5. The van der Waals surface area contributed by atoms with Crippen LogP contribution in [0.15, 0.2) is 0 Å². The number of aliphatic hydroxyl groups is 2. The number of ether oxygens (including phenoxy) is 7. The molecule has 1 spiro atoms. The highest BCUT2D eigenvalue weighted by Crippen LogP contribution is 2.55. The Labute approximate surface area is 310 Å². The lowest BCUT2D eigenvalue weighted by Gasteiger charge is -2.49. The average molecular weight is 741 g/mol. The Morgan fingerprint density at radius 2 is 1.69 bits per heavy atom. The molecule has 0 bridgehead atoms. The molecule has 0 aliphatic carbocycles. The first-order valence-corrected chi connectivity index (χ1v) is 20.1. The summed E-state index contributed by atoms with van der Waals surface area (Å²) in [6.45, 7) is 17.6. The van der Waals surface area contributed by atoms with Crippen LogP contribution < -0.4 is 0 Å². The van der Waals surface area contributed by atoms with Crippen molar-refractivity contribution in [3.63, 3.8) is 0 Å². The van der Waals surface area contributed by atoms with Gasteiger partial charge in [0.25, 0.3) is 0 Å². The Bertz CT molecular complexity index is 1250. The predicted octanol–water partition coefficient (Wildman–Crippen LogP) is 5.62. The van der Waals surface area contributed by atoms with Gasteiger partial charge in [0.1, 0.15) is 6.10 Å². The average Bonchev–Trinajstić information content (AvgIpc) is 3.81. The number of esters is 1. The normalized spacial score (nSPS) is 47.0. The monoisotopic (exact) mass is 740 g/mol. The molecule has 12 heteroatoms.